The molecule has 0 N–H and O–H groups in total. The Morgan fingerprint density at radius 2 is 2.10 bits per heavy atom. The molecule has 0 aromatic carbocycles. The molecule has 0 fully saturated rings. The lowest BCUT2D eigenvalue weighted by molar-refractivity contribution is 0.176. The summed E-state index contributed by atoms with van der Waals surface area (Å²) in [5.74, 6) is 0. The van der Waals surface area contributed by atoms with Crippen molar-refractivity contribution in [1.82, 2.24) is 0 Å². The van der Waals surface area contributed by atoms with E-state index in [1.807, 2.05) is 13.0 Å². The Morgan fingerprint density at radius 3 is 2.70 bits per heavy atom. The molecule has 2 nitrogen and oxygen atoms in total. The van der Waals surface area contributed by atoms with Gasteiger partial charge in [-0.15, -0.1) is 0 Å². The fourth-order valence-corrected chi connectivity index (χ4v) is 0.558. The average Bonchev–Trinajstić information content (AvgIpc) is 1.97. The molecule has 0 rings (SSSR count). The van der Waals surface area contributed by atoms with Gasteiger partial charge in [0.25, 0.3) is 0 Å². The molecule has 0 bridgehead atoms. The second kappa shape index (κ2) is 8.66. The zero-order chi connectivity index (χ0) is 7.66. The molecule has 0 unspecified atom stereocenters. The highest BCUT2D eigenvalue weighted by Gasteiger charge is 1.77. The molecular weight excluding hydrogens is 128 g/mol. The molecule has 0 aliphatic heterocycles. The van der Waals surface area contributed by atoms with Gasteiger partial charge in [-0.2, -0.15) is 0 Å². The Morgan fingerprint density at radius 1 is 1.30 bits per heavy atom. The van der Waals surface area contributed by atoms with Crippen LogP contribution in [0, 0.1) is 0 Å². The van der Waals surface area contributed by atoms with Gasteiger partial charge in [0, 0.05) is 20.3 Å². The number of ether oxygens (including phenoxy) is 2. The zero-order valence-electron chi connectivity index (χ0n) is 6.80. The highest BCUT2D eigenvalue weighted by Crippen LogP contribution is 1.83. The van der Waals surface area contributed by atoms with E-state index in [2.05, 4.69) is 6.08 Å². The van der Waals surface area contributed by atoms with E-state index in [0.717, 1.165) is 26.2 Å². The summed E-state index contributed by atoms with van der Waals surface area (Å²) in [4.78, 5) is 0. The Kier molecular flexibility index (Phi) is 8.37. The van der Waals surface area contributed by atoms with Gasteiger partial charge in [0.2, 0.25) is 0 Å². The summed E-state index contributed by atoms with van der Waals surface area (Å²) in [5, 5.41) is 0. The Hall–Kier alpha value is -0.340. The lowest BCUT2D eigenvalue weighted by Gasteiger charge is -1.93. The minimum absolute atomic E-state index is 0.722. The standard InChI is InChI=1S/C8H16O2/c1-3-10-8-6-4-5-7-9-2/h4,6H,3,5,7-8H2,1-2H3. The third-order valence-electron chi connectivity index (χ3n) is 1.07. The fourth-order valence-electron chi connectivity index (χ4n) is 0.558. The van der Waals surface area contributed by atoms with E-state index in [-0.39, 0.29) is 0 Å². The van der Waals surface area contributed by atoms with E-state index >= 15 is 0 Å². The van der Waals surface area contributed by atoms with Crippen molar-refractivity contribution in [1.29, 1.82) is 0 Å². The molecule has 0 saturated carbocycles. The minimum Gasteiger partial charge on any atom is -0.384 e. The molecule has 0 amide bonds. The normalized spacial score (nSPS) is 11.0. The largest absolute Gasteiger partial charge is 0.384 e. The minimum atomic E-state index is 0.722. The lowest BCUT2D eigenvalue weighted by atomic mass is 10.4. The molecule has 60 valence electrons. The molecule has 10 heavy (non-hydrogen) atoms. The molecule has 0 radical (unpaired) electrons. The van der Waals surface area contributed by atoms with Crippen LogP contribution < -0.4 is 0 Å². The molecule has 0 aromatic heterocycles. The maximum absolute atomic E-state index is 5.09. The van der Waals surface area contributed by atoms with E-state index in [4.69, 9.17) is 9.47 Å². The summed E-state index contributed by atoms with van der Waals surface area (Å²) in [6, 6.07) is 0. The summed E-state index contributed by atoms with van der Waals surface area (Å²) < 4.78 is 9.94. The molecular formula is C8H16O2. The molecule has 0 saturated heterocycles. The van der Waals surface area contributed by atoms with Crippen molar-refractivity contribution in [3.8, 4) is 0 Å². The van der Waals surface area contributed by atoms with Crippen LogP contribution in [0.1, 0.15) is 13.3 Å². The Labute approximate surface area is 62.8 Å². The smallest absolute Gasteiger partial charge is 0.0647 e. The van der Waals surface area contributed by atoms with Crippen molar-refractivity contribution in [2.24, 2.45) is 0 Å². The van der Waals surface area contributed by atoms with E-state index in [1.54, 1.807) is 7.11 Å². The number of hydrogen-bond donors (Lipinski definition) is 0. The first-order valence-electron chi connectivity index (χ1n) is 3.63. The molecule has 0 aliphatic carbocycles. The van der Waals surface area contributed by atoms with Gasteiger partial charge in [0.1, 0.15) is 0 Å². The first-order valence-corrected chi connectivity index (χ1v) is 3.63. The van der Waals surface area contributed by atoms with E-state index in [1.165, 1.54) is 0 Å². The molecule has 0 atom stereocenters. The van der Waals surface area contributed by atoms with Gasteiger partial charge >= 0.3 is 0 Å². The van der Waals surface area contributed by atoms with Crippen molar-refractivity contribution in [2.45, 2.75) is 13.3 Å². The number of rotatable bonds is 6. The van der Waals surface area contributed by atoms with E-state index in [0.29, 0.717) is 0 Å². The topological polar surface area (TPSA) is 18.5 Å². The van der Waals surface area contributed by atoms with Gasteiger partial charge in [-0.05, 0) is 13.3 Å². The first-order chi connectivity index (χ1) is 4.91. The highest BCUT2D eigenvalue weighted by atomic mass is 16.5. The third kappa shape index (κ3) is 7.66. The van der Waals surface area contributed by atoms with Crippen LogP contribution >= 0.6 is 0 Å². The first kappa shape index (κ1) is 9.66. The van der Waals surface area contributed by atoms with Crippen LogP contribution in [0.5, 0.6) is 0 Å². The molecule has 0 heterocycles. The molecule has 0 spiro atoms. The van der Waals surface area contributed by atoms with Crippen LogP contribution in [0.15, 0.2) is 12.2 Å². The van der Waals surface area contributed by atoms with Crippen LogP contribution in [-0.2, 0) is 9.47 Å². The fraction of sp³-hybridized carbons (Fsp3) is 0.750. The second-order valence-electron chi connectivity index (χ2n) is 1.91. The Balaban J connectivity index is 2.89. The van der Waals surface area contributed by atoms with Crippen molar-refractivity contribution in [2.75, 3.05) is 26.9 Å². The van der Waals surface area contributed by atoms with Crippen molar-refractivity contribution in [3.05, 3.63) is 12.2 Å². The van der Waals surface area contributed by atoms with Gasteiger partial charge in [0.15, 0.2) is 0 Å². The number of hydrogen-bond acceptors (Lipinski definition) is 2. The zero-order valence-corrected chi connectivity index (χ0v) is 6.80. The van der Waals surface area contributed by atoms with Crippen LogP contribution in [0.4, 0.5) is 0 Å². The van der Waals surface area contributed by atoms with E-state index < -0.39 is 0 Å². The summed E-state index contributed by atoms with van der Waals surface area (Å²) in [5.41, 5.74) is 0. The summed E-state index contributed by atoms with van der Waals surface area (Å²) in [6.45, 7) is 4.29. The molecule has 0 aromatic rings. The van der Waals surface area contributed by atoms with Crippen molar-refractivity contribution >= 4 is 0 Å². The van der Waals surface area contributed by atoms with Crippen molar-refractivity contribution < 1.29 is 9.47 Å². The van der Waals surface area contributed by atoms with Gasteiger partial charge in [-0.25, -0.2) is 0 Å². The monoisotopic (exact) mass is 144 g/mol. The van der Waals surface area contributed by atoms with Crippen LogP contribution in [0.2, 0.25) is 0 Å². The van der Waals surface area contributed by atoms with Crippen LogP contribution in [0.3, 0.4) is 0 Å². The maximum atomic E-state index is 5.09. The lowest BCUT2D eigenvalue weighted by Crippen LogP contribution is -1.89. The highest BCUT2D eigenvalue weighted by molar-refractivity contribution is 4.80. The SMILES string of the molecule is CCOCC=CCCOC. The summed E-state index contributed by atoms with van der Waals surface area (Å²) in [7, 11) is 1.70. The molecule has 0 aliphatic rings. The third-order valence-corrected chi connectivity index (χ3v) is 1.07. The predicted molar refractivity (Wildman–Crippen MR) is 42.1 cm³/mol. The van der Waals surface area contributed by atoms with Crippen LogP contribution in [0.25, 0.3) is 0 Å². The average molecular weight is 144 g/mol. The van der Waals surface area contributed by atoms with Crippen molar-refractivity contribution in [3.63, 3.8) is 0 Å². The van der Waals surface area contributed by atoms with Gasteiger partial charge in [-0.3, -0.25) is 0 Å². The summed E-state index contributed by atoms with van der Waals surface area (Å²) >= 11 is 0. The predicted octanol–water partition coefficient (Wildman–Crippen LogP) is 1.62. The van der Waals surface area contributed by atoms with E-state index in [9.17, 15) is 0 Å². The molecule has 2 heteroatoms. The Bertz CT molecular complexity index is 69.3. The second-order valence-corrected chi connectivity index (χ2v) is 1.91. The van der Waals surface area contributed by atoms with Gasteiger partial charge < -0.3 is 9.47 Å². The van der Waals surface area contributed by atoms with Gasteiger partial charge in [0.05, 0.1) is 6.61 Å². The number of methoxy groups -OCH3 is 1. The van der Waals surface area contributed by atoms with Gasteiger partial charge in [-0.1, -0.05) is 12.2 Å². The summed E-state index contributed by atoms with van der Waals surface area (Å²) in [6.07, 6.45) is 5.06. The quantitative estimate of drug-likeness (QED) is 0.416. The maximum Gasteiger partial charge on any atom is 0.0647 e. The van der Waals surface area contributed by atoms with Crippen LogP contribution in [-0.4, -0.2) is 26.9 Å².